The van der Waals surface area contributed by atoms with Crippen LogP contribution in [0.5, 0.6) is 0 Å². The van der Waals surface area contributed by atoms with Gasteiger partial charge in [0.25, 0.3) is 12.3 Å². The fraction of sp³-hybridized carbons (Fsp3) is 0.389. The third-order valence-corrected chi connectivity index (χ3v) is 4.75. The Bertz CT molecular complexity index is 1030. The molecule has 0 saturated carbocycles. The summed E-state index contributed by atoms with van der Waals surface area (Å²) in [6.45, 7) is 1.23. The van der Waals surface area contributed by atoms with Gasteiger partial charge in [-0.3, -0.25) is 9.48 Å². The Hall–Kier alpha value is -3.21. The number of carbonyl (C=O) groups is 1. The molecule has 3 aromatic rings. The fourth-order valence-corrected chi connectivity index (χ4v) is 3.39. The maximum absolute atomic E-state index is 12.6. The van der Waals surface area contributed by atoms with Crippen LogP contribution < -0.4 is 16.4 Å². The van der Waals surface area contributed by atoms with E-state index in [4.69, 9.17) is 5.73 Å². The summed E-state index contributed by atoms with van der Waals surface area (Å²) in [6, 6.07) is 1.66. The van der Waals surface area contributed by atoms with Crippen molar-refractivity contribution in [1.29, 1.82) is 0 Å². The van der Waals surface area contributed by atoms with Gasteiger partial charge in [-0.25, -0.2) is 23.7 Å². The van der Waals surface area contributed by atoms with Crippen LogP contribution in [0.3, 0.4) is 0 Å². The third kappa shape index (κ3) is 4.14. The zero-order valence-electron chi connectivity index (χ0n) is 15.5. The van der Waals surface area contributed by atoms with Crippen molar-refractivity contribution in [2.75, 3.05) is 18.4 Å². The second-order valence-corrected chi connectivity index (χ2v) is 6.87. The van der Waals surface area contributed by atoms with E-state index in [1.807, 2.05) is 0 Å². The maximum Gasteiger partial charge on any atom is 0.257 e. The number of piperidine rings is 1. The lowest BCUT2D eigenvalue weighted by Crippen LogP contribution is -2.38. The number of rotatable bonds is 6. The van der Waals surface area contributed by atoms with Crippen LogP contribution in [-0.4, -0.2) is 56.2 Å². The molecule has 0 bridgehead atoms. The summed E-state index contributed by atoms with van der Waals surface area (Å²) in [5, 5.41) is 10.6. The molecule has 0 aromatic carbocycles. The van der Waals surface area contributed by atoms with Gasteiger partial charge in [0.15, 0.2) is 5.82 Å². The molecule has 29 heavy (non-hydrogen) atoms. The summed E-state index contributed by atoms with van der Waals surface area (Å²) < 4.78 is 26.4. The Labute approximate surface area is 164 Å². The van der Waals surface area contributed by atoms with Gasteiger partial charge in [-0.05, 0) is 25.5 Å². The van der Waals surface area contributed by atoms with Crippen molar-refractivity contribution < 1.29 is 13.6 Å². The van der Waals surface area contributed by atoms with Crippen molar-refractivity contribution in [1.82, 2.24) is 30.0 Å². The molecule has 1 amide bonds. The van der Waals surface area contributed by atoms with Gasteiger partial charge in [0.2, 0.25) is 0 Å². The first-order valence-electron chi connectivity index (χ1n) is 9.25. The Balaban J connectivity index is 1.78. The molecule has 9 nitrogen and oxygen atoms in total. The highest BCUT2D eigenvalue weighted by molar-refractivity contribution is 6.06. The summed E-state index contributed by atoms with van der Waals surface area (Å²) in [4.78, 5) is 25.1. The van der Waals surface area contributed by atoms with Crippen LogP contribution in [0.2, 0.25) is 0 Å². The molecule has 152 valence electrons. The smallest absolute Gasteiger partial charge is 0.257 e. The van der Waals surface area contributed by atoms with E-state index in [1.54, 1.807) is 0 Å². The van der Waals surface area contributed by atoms with Crippen molar-refractivity contribution in [2.24, 2.45) is 5.73 Å². The highest BCUT2D eigenvalue weighted by atomic mass is 19.3. The van der Waals surface area contributed by atoms with E-state index < -0.39 is 18.9 Å². The van der Waals surface area contributed by atoms with E-state index in [2.05, 4.69) is 30.7 Å². The largest absolute Gasteiger partial charge is 0.366 e. The number of pyridine rings is 1. The zero-order valence-corrected chi connectivity index (χ0v) is 15.5. The van der Waals surface area contributed by atoms with Crippen LogP contribution in [0.4, 0.5) is 14.6 Å². The van der Waals surface area contributed by atoms with Crippen molar-refractivity contribution in [3.63, 3.8) is 0 Å². The van der Waals surface area contributed by atoms with Gasteiger partial charge in [-0.15, -0.1) is 0 Å². The molecular weight excluding hydrogens is 382 g/mol. The molecule has 0 unspecified atom stereocenters. The van der Waals surface area contributed by atoms with E-state index >= 15 is 0 Å². The van der Waals surface area contributed by atoms with E-state index in [0.717, 1.165) is 30.6 Å². The van der Waals surface area contributed by atoms with Gasteiger partial charge in [-0.2, -0.15) is 5.10 Å². The number of fused-ring (bicyclic) bond motifs is 1. The average molecular weight is 402 g/mol. The molecule has 1 atom stereocenters. The van der Waals surface area contributed by atoms with Gasteiger partial charge in [0.05, 0.1) is 17.5 Å². The minimum atomic E-state index is -2.53. The average Bonchev–Trinajstić information content (AvgIpc) is 3.16. The van der Waals surface area contributed by atoms with Crippen molar-refractivity contribution in [3.8, 4) is 11.3 Å². The quantitative estimate of drug-likeness (QED) is 0.570. The minimum absolute atomic E-state index is 0.165. The molecule has 1 aliphatic heterocycles. The molecule has 4 rings (SSSR count). The monoisotopic (exact) mass is 402 g/mol. The molecule has 0 radical (unpaired) electrons. The van der Waals surface area contributed by atoms with Gasteiger partial charge in [0.1, 0.15) is 23.9 Å². The number of alkyl halides is 2. The number of anilines is 1. The molecule has 4 N–H and O–H groups in total. The van der Waals surface area contributed by atoms with Crippen LogP contribution >= 0.6 is 0 Å². The van der Waals surface area contributed by atoms with E-state index in [1.165, 1.54) is 24.8 Å². The first kappa shape index (κ1) is 19.1. The van der Waals surface area contributed by atoms with Crippen LogP contribution in [0.1, 0.15) is 23.2 Å². The molecule has 3 aromatic heterocycles. The zero-order chi connectivity index (χ0) is 20.4. The number of amides is 1. The predicted octanol–water partition coefficient (Wildman–Crippen LogP) is 1.42. The first-order valence-corrected chi connectivity index (χ1v) is 9.25. The molecule has 1 aliphatic rings. The number of carbonyl (C=O) groups excluding carboxylic acids is 1. The Morgan fingerprint density at radius 3 is 2.97 bits per heavy atom. The molecule has 1 saturated heterocycles. The second kappa shape index (κ2) is 8.03. The molecule has 0 spiro atoms. The number of hydrogen-bond acceptors (Lipinski definition) is 7. The summed E-state index contributed by atoms with van der Waals surface area (Å²) >= 11 is 0. The molecule has 1 fully saturated rings. The first-order chi connectivity index (χ1) is 14.0. The normalized spacial score (nSPS) is 17.0. The second-order valence-electron chi connectivity index (χ2n) is 6.87. The lowest BCUT2D eigenvalue weighted by molar-refractivity contribution is 0.100. The van der Waals surface area contributed by atoms with Crippen molar-refractivity contribution in [3.05, 3.63) is 30.4 Å². The number of primary amides is 1. The van der Waals surface area contributed by atoms with Gasteiger partial charge < -0.3 is 16.4 Å². The number of halogens is 2. The van der Waals surface area contributed by atoms with Gasteiger partial charge in [-0.1, -0.05) is 0 Å². The van der Waals surface area contributed by atoms with Crippen molar-refractivity contribution in [2.45, 2.75) is 31.9 Å². The Morgan fingerprint density at radius 2 is 2.24 bits per heavy atom. The number of nitrogens with one attached hydrogen (secondary N) is 2. The van der Waals surface area contributed by atoms with Crippen molar-refractivity contribution >= 4 is 22.8 Å². The SMILES string of the molecule is NC(=O)c1cc(-c2cnn(CC(F)F)c2)nc2c(N[C@H]3CCCNC3)ncnc12. The summed E-state index contributed by atoms with van der Waals surface area (Å²) in [6.07, 6.45) is 3.71. The maximum atomic E-state index is 12.6. The third-order valence-electron chi connectivity index (χ3n) is 4.75. The standard InChI is InChI=1S/C18H20F2N8O/c19-14(20)8-28-7-10(5-25-28)13-4-12(17(21)29)15-16(27-13)18(24-9-23-15)26-11-2-1-3-22-6-11/h4-5,7,9,11,14,22H,1-3,6,8H2,(H2,21,29)(H,23,24,26)/t11-/m0/s1. The van der Waals surface area contributed by atoms with E-state index in [0.29, 0.717) is 28.1 Å². The van der Waals surface area contributed by atoms with Gasteiger partial charge in [0, 0.05) is 24.3 Å². The molecular formula is C18H20F2N8O. The lowest BCUT2D eigenvalue weighted by Gasteiger charge is -2.24. The summed E-state index contributed by atoms with van der Waals surface area (Å²) in [5.74, 6) is -0.171. The minimum Gasteiger partial charge on any atom is -0.366 e. The topological polar surface area (TPSA) is 124 Å². The van der Waals surface area contributed by atoms with Crippen LogP contribution in [0, 0.1) is 0 Å². The Kier molecular flexibility index (Phi) is 5.30. The number of nitrogens with two attached hydrogens (primary N) is 1. The summed E-state index contributed by atoms with van der Waals surface area (Å²) in [5.41, 5.74) is 7.34. The molecule has 11 heteroatoms. The summed E-state index contributed by atoms with van der Waals surface area (Å²) in [7, 11) is 0. The van der Waals surface area contributed by atoms with Crippen LogP contribution in [0.25, 0.3) is 22.3 Å². The number of nitrogens with zero attached hydrogens (tertiary/aromatic N) is 5. The van der Waals surface area contributed by atoms with Gasteiger partial charge >= 0.3 is 0 Å². The Morgan fingerprint density at radius 1 is 1.38 bits per heavy atom. The van der Waals surface area contributed by atoms with E-state index in [9.17, 15) is 13.6 Å². The number of hydrogen-bond donors (Lipinski definition) is 3. The number of aromatic nitrogens is 5. The fourth-order valence-electron chi connectivity index (χ4n) is 3.39. The van der Waals surface area contributed by atoms with Crippen LogP contribution in [-0.2, 0) is 6.54 Å². The lowest BCUT2D eigenvalue weighted by atomic mass is 10.1. The van der Waals surface area contributed by atoms with E-state index in [-0.39, 0.29) is 11.6 Å². The molecule has 0 aliphatic carbocycles. The molecule has 4 heterocycles. The predicted molar refractivity (Wildman–Crippen MR) is 103 cm³/mol. The highest BCUT2D eigenvalue weighted by Gasteiger charge is 2.20. The van der Waals surface area contributed by atoms with Crippen LogP contribution in [0.15, 0.2) is 24.8 Å². The highest BCUT2D eigenvalue weighted by Crippen LogP contribution is 2.27.